The lowest BCUT2D eigenvalue weighted by atomic mass is 9.91. The number of rotatable bonds is 20. The van der Waals surface area contributed by atoms with Crippen LogP contribution >= 0.6 is 25.3 Å². The predicted octanol–water partition coefficient (Wildman–Crippen LogP) is -2.96. The lowest BCUT2D eigenvalue weighted by molar-refractivity contribution is -0.145. The van der Waals surface area contributed by atoms with E-state index in [4.69, 9.17) is 22.3 Å². The van der Waals surface area contributed by atoms with Crippen LogP contribution in [0.4, 0.5) is 0 Å². The average molecular weight is 727 g/mol. The molecule has 270 valence electrons. The van der Waals surface area contributed by atoms with E-state index in [1.807, 2.05) is 0 Å². The molecule has 7 atom stereocenters. The summed E-state index contributed by atoms with van der Waals surface area (Å²) in [5.74, 6) is -9.83. The van der Waals surface area contributed by atoms with Gasteiger partial charge >= 0.3 is 5.97 Å². The number of carbonyl (C=O) groups is 8. The Balaban J connectivity index is 2.22. The minimum absolute atomic E-state index is 0.0308. The summed E-state index contributed by atoms with van der Waals surface area (Å²) in [4.78, 5) is 102. The highest BCUT2D eigenvalue weighted by atomic mass is 32.1. The standard InChI is InChI=1S/C30H42N6O11S2/c31-23(41)11-16(10-22(40)24(32)25(49)30(46)47)29(45)36-7-1-2-20(36)28(44)35-19(13-48)21(39)9-15(8-14-3-5-17(38)6-4-14)27(43)34-18(12-37)26(33)42/h3-6,15-16,18-20,24-25,37-38,48-49H,1-2,7-13,32H2,(H2,31,41)(H2,33,42)(H,34,43)(H,35,44)(H,46,47)/t15-,16+,18+,19+,20+,24-,25-/m1/s1. The SMILES string of the molecule is NC(=O)C[C@H](CC(=O)[C@@H](N)[C@@H](S)C(=O)O)C(=O)N1CCC[C@H]1C(=O)N[C@@H](CS)C(=O)C[C@@H](Cc1ccc(O)cc1)C(=O)N[C@@H](CO)C(N)=O. The Bertz CT molecular complexity index is 1410. The predicted molar refractivity (Wildman–Crippen MR) is 179 cm³/mol. The van der Waals surface area contributed by atoms with E-state index < -0.39 is 114 Å². The number of nitrogens with two attached hydrogens (primary N) is 3. The number of Topliss-reactive ketones (excluding diaryl/α,β-unsaturated/α-hetero) is 2. The maximum Gasteiger partial charge on any atom is 0.318 e. The van der Waals surface area contributed by atoms with Gasteiger partial charge in [0.25, 0.3) is 0 Å². The molecule has 1 fully saturated rings. The molecule has 1 saturated heterocycles. The number of carboxylic acids is 1. The molecule has 19 heteroatoms. The third kappa shape index (κ3) is 12.0. The Hall–Kier alpha value is -4.20. The van der Waals surface area contributed by atoms with Crippen molar-refractivity contribution in [3.8, 4) is 5.75 Å². The van der Waals surface area contributed by atoms with Crippen LogP contribution in [0.5, 0.6) is 5.75 Å². The van der Waals surface area contributed by atoms with Crippen molar-refractivity contribution in [3.05, 3.63) is 29.8 Å². The zero-order valence-corrected chi connectivity index (χ0v) is 28.2. The Morgan fingerprint density at radius 3 is 2.06 bits per heavy atom. The van der Waals surface area contributed by atoms with Crippen LogP contribution in [-0.4, -0.2) is 116 Å². The number of phenols is 1. The number of carbonyl (C=O) groups excluding carboxylic acids is 7. The summed E-state index contributed by atoms with van der Waals surface area (Å²) in [6.45, 7) is -0.719. The number of carboxylic acid groups (broad SMARTS) is 1. The molecule has 1 aliphatic heterocycles. The number of thiol groups is 2. The fraction of sp³-hybridized carbons (Fsp3) is 0.533. The van der Waals surface area contributed by atoms with Crippen LogP contribution in [0.2, 0.25) is 0 Å². The van der Waals surface area contributed by atoms with Crippen LogP contribution in [-0.2, 0) is 44.8 Å². The zero-order chi connectivity index (χ0) is 37.0. The van der Waals surface area contributed by atoms with Crippen LogP contribution in [0.1, 0.15) is 37.7 Å². The van der Waals surface area contributed by atoms with Crippen LogP contribution in [0.3, 0.4) is 0 Å². The molecule has 0 saturated carbocycles. The van der Waals surface area contributed by atoms with Crippen molar-refractivity contribution in [2.24, 2.45) is 29.0 Å². The molecule has 0 radical (unpaired) electrons. The summed E-state index contributed by atoms with van der Waals surface area (Å²) in [7, 11) is 0. The van der Waals surface area contributed by atoms with Crippen LogP contribution in [0.25, 0.3) is 0 Å². The normalized spacial score (nSPS) is 17.9. The molecule has 11 N–H and O–H groups in total. The van der Waals surface area contributed by atoms with Gasteiger partial charge in [-0.1, -0.05) is 12.1 Å². The number of benzene rings is 1. The van der Waals surface area contributed by atoms with Crippen molar-refractivity contribution >= 4 is 72.3 Å². The molecule has 1 aromatic carbocycles. The second-order valence-corrected chi connectivity index (χ2v) is 12.6. The molecular formula is C30H42N6O11S2. The first-order valence-electron chi connectivity index (χ1n) is 15.2. The Morgan fingerprint density at radius 2 is 1.53 bits per heavy atom. The molecule has 17 nitrogen and oxygen atoms in total. The fourth-order valence-electron chi connectivity index (χ4n) is 5.29. The van der Waals surface area contributed by atoms with Crippen LogP contribution < -0.4 is 27.8 Å². The number of hydrogen-bond donors (Lipinski definition) is 10. The summed E-state index contributed by atoms with van der Waals surface area (Å²) < 4.78 is 0. The van der Waals surface area contributed by atoms with E-state index in [9.17, 15) is 48.6 Å². The highest BCUT2D eigenvalue weighted by Crippen LogP contribution is 2.25. The van der Waals surface area contributed by atoms with Gasteiger partial charge in [0.15, 0.2) is 11.6 Å². The third-order valence-corrected chi connectivity index (χ3v) is 8.92. The second kappa shape index (κ2) is 19.1. The number of phenolic OH excluding ortho intramolecular Hbond substituents is 1. The molecule has 2 rings (SSSR count). The summed E-state index contributed by atoms with van der Waals surface area (Å²) in [6, 6.07) is 0.443. The number of ketones is 2. The van der Waals surface area contributed by atoms with Gasteiger partial charge in [0.1, 0.15) is 23.1 Å². The van der Waals surface area contributed by atoms with Crippen molar-refractivity contribution < 1.29 is 53.7 Å². The van der Waals surface area contributed by atoms with Crippen LogP contribution in [0.15, 0.2) is 24.3 Å². The molecule has 5 amide bonds. The van der Waals surface area contributed by atoms with Crippen molar-refractivity contribution in [1.29, 1.82) is 0 Å². The number of aromatic hydroxyl groups is 1. The number of primary amides is 2. The highest BCUT2D eigenvalue weighted by Gasteiger charge is 2.40. The second-order valence-electron chi connectivity index (χ2n) is 11.7. The summed E-state index contributed by atoms with van der Waals surface area (Å²) in [5, 5.41) is 31.5. The van der Waals surface area contributed by atoms with Gasteiger partial charge in [-0.3, -0.25) is 38.4 Å². The number of aliphatic hydroxyl groups is 1. The molecule has 0 bridgehead atoms. The van der Waals surface area contributed by atoms with Gasteiger partial charge in [0, 0.05) is 37.5 Å². The van der Waals surface area contributed by atoms with Crippen molar-refractivity contribution in [1.82, 2.24) is 15.5 Å². The number of nitrogens with zero attached hydrogens (tertiary/aromatic N) is 1. The van der Waals surface area contributed by atoms with E-state index >= 15 is 0 Å². The number of likely N-dealkylation sites (tertiary alicyclic amines) is 1. The number of hydrogen-bond acceptors (Lipinski definition) is 13. The van der Waals surface area contributed by atoms with Crippen molar-refractivity contribution in [2.45, 2.75) is 67.9 Å². The largest absolute Gasteiger partial charge is 0.508 e. The van der Waals surface area contributed by atoms with E-state index in [0.717, 1.165) is 4.90 Å². The summed E-state index contributed by atoms with van der Waals surface area (Å²) in [5.41, 5.74) is 16.8. The van der Waals surface area contributed by atoms with E-state index in [1.165, 1.54) is 24.3 Å². The first kappa shape index (κ1) is 41.0. The Morgan fingerprint density at radius 1 is 0.918 bits per heavy atom. The molecule has 0 aromatic heterocycles. The number of aliphatic carboxylic acids is 1. The van der Waals surface area contributed by atoms with Gasteiger partial charge in [-0.25, -0.2) is 0 Å². The first-order valence-corrected chi connectivity index (χ1v) is 16.4. The third-order valence-electron chi connectivity index (χ3n) is 8.01. The van der Waals surface area contributed by atoms with Gasteiger partial charge in [-0.15, -0.1) is 0 Å². The van der Waals surface area contributed by atoms with Gasteiger partial charge in [0.2, 0.25) is 29.5 Å². The van der Waals surface area contributed by atoms with Crippen LogP contribution in [0, 0.1) is 11.8 Å². The molecule has 1 aliphatic rings. The van der Waals surface area contributed by atoms with Gasteiger partial charge in [0.05, 0.1) is 24.6 Å². The summed E-state index contributed by atoms with van der Waals surface area (Å²) >= 11 is 7.98. The smallest absolute Gasteiger partial charge is 0.318 e. The molecule has 1 aromatic rings. The maximum atomic E-state index is 13.5. The van der Waals surface area contributed by atoms with Gasteiger partial charge < -0.3 is 48.1 Å². The van der Waals surface area contributed by atoms with Crippen molar-refractivity contribution in [2.75, 3.05) is 18.9 Å². The average Bonchev–Trinajstić information content (AvgIpc) is 3.55. The minimum Gasteiger partial charge on any atom is -0.508 e. The molecule has 0 aliphatic carbocycles. The Labute approximate surface area is 292 Å². The van der Waals surface area contributed by atoms with E-state index in [1.54, 1.807) is 0 Å². The summed E-state index contributed by atoms with van der Waals surface area (Å²) in [6.07, 6.45) is -1.17. The Kier molecular flexibility index (Phi) is 16.0. The van der Waals surface area contributed by atoms with E-state index in [2.05, 4.69) is 35.9 Å². The highest BCUT2D eigenvalue weighted by molar-refractivity contribution is 7.81. The first-order chi connectivity index (χ1) is 23.0. The number of nitrogens with one attached hydrogen (secondary N) is 2. The monoisotopic (exact) mass is 726 g/mol. The van der Waals surface area contributed by atoms with Crippen molar-refractivity contribution in [3.63, 3.8) is 0 Å². The van der Waals surface area contributed by atoms with Gasteiger partial charge in [-0.2, -0.15) is 25.3 Å². The quantitative estimate of drug-likeness (QED) is 0.0603. The lowest BCUT2D eigenvalue weighted by Crippen LogP contribution is -2.53. The fourth-order valence-corrected chi connectivity index (χ4v) is 5.75. The lowest BCUT2D eigenvalue weighted by Gasteiger charge is -2.29. The topological polar surface area (TPSA) is 303 Å². The molecule has 0 spiro atoms. The minimum atomic E-state index is -1.59. The number of amides is 5. The zero-order valence-electron chi connectivity index (χ0n) is 26.4. The molecule has 49 heavy (non-hydrogen) atoms. The van der Waals surface area contributed by atoms with Gasteiger partial charge in [-0.05, 0) is 37.0 Å². The van der Waals surface area contributed by atoms with E-state index in [-0.39, 0.29) is 30.9 Å². The molecule has 0 unspecified atom stereocenters. The molecule has 1 heterocycles. The maximum absolute atomic E-state index is 13.5. The van der Waals surface area contributed by atoms with E-state index in [0.29, 0.717) is 12.0 Å². The molecular weight excluding hydrogens is 684 g/mol. The number of aliphatic hydroxyl groups excluding tert-OH is 1.